The van der Waals surface area contributed by atoms with Crippen molar-refractivity contribution >= 4 is 57.3 Å². The molecule has 0 bridgehead atoms. The van der Waals surface area contributed by atoms with Gasteiger partial charge in [0.2, 0.25) is 23.6 Å². The summed E-state index contributed by atoms with van der Waals surface area (Å²) in [7, 11) is 0. The molecule has 2 saturated heterocycles. The number of thiazole rings is 1. The summed E-state index contributed by atoms with van der Waals surface area (Å²) >= 11 is 1.57. The van der Waals surface area contributed by atoms with Crippen molar-refractivity contribution in [2.75, 3.05) is 77.4 Å². The Labute approximate surface area is 466 Å². The lowest BCUT2D eigenvalue weighted by Gasteiger charge is -2.38. The van der Waals surface area contributed by atoms with Gasteiger partial charge in [0, 0.05) is 84.7 Å². The molecule has 0 unspecified atom stereocenters. The van der Waals surface area contributed by atoms with Gasteiger partial charge in [-0.1, -0.05) is 71.9 Å². The Kier molecular flexibility index (Phi) is 19.4. The third kappa shape index (κ3) is 14.1. The number of likely N-dealkylation sites (tertiary alicyclic amines) is 1. The lowest BCUT2D eigenvalue weighted by molar-refractivity contribution is -0.144. The summed E-state index contributed by atoms with van der Waals surface area (Å²) in [5.74, 6) is -1.21. The van der Waals surface area contributed by atoms with Crippen molar-refractivity contribution < 1.29 is 48.0 Å². The highest BCUT2D eigenvalue weighted by molar-refractivity contribution is 7.13. The fourth-order valence-electron chi connectivity index (χ4n) is 10.8. The molecule has 4 amide bonds. The summed E-state index contributed by atoms with van der Waals surface area (Å²) in [6.07, 6.45) is 1.87. The van der Waals surface area contributed by atoms with Gasteiger partial charge in [-0.2, -0.15) is 5.26 Å². The minimum absolute atomic E-state index is 0.00576. The number of aliphatic hydroxyl groups excluding tert-OH is 1. The second-order valence-electron chi connectivity index (χ2n) is 22.3. The van der Waals surface area contributed by atoms with Crippen LogP contribution in [0.5, 0.6) is 0 Å². The van der Waals surface area contributed by atoms with E-state index >= 15 is 0 Å². The van der Waals surface area contributed by atoms with Crippen molar-refractivity contribution in [1.82, 2.24) is 30.8 Å². The molecule has 1 aliphatic carbocycles. The molecule has 3 aromatic carbocycles. The van der Waals surface area contributed by atoms with E-state index in [0.29, 0.717) is 44.2 Å². The van der Waals surface area contributed by atoms with E-state index < -0.39 is 34.9 Å². The number of aromatic amines is 1. The van der Waals surface area contributed by atoms with E-state index in [-0.39, 0.29) is 81.7 Å². The number of aryl methyl sites for hydroxylation is 2. The fraction of sp³-hybridized carbons (Fsp3) is 0.517. The topological polar surface area (TPSA) is 238 Å². The van der Waals surface area contributed by atoms with Gasteiger partial charge in [-0.25, -0.2) is 4.98 Å². The third-order valence-corrected chi connectivity index (χ3v) is 16.3. The molecular formula is C60H76N8O10S. The highest BCUT2D eigenvalue weighted by atomic mass is 32.1. The van der Waals surface area contributed by atoms with E-state index in [1.165, 1.54) is 4.90 Å². The molecule has 2 aliphatic heterocycles. The molecule has 5 aromatic rings. The zero-order chi connectivity index (χ0) is 56.4. The van der Waals surface area contributed by atoms with Gasteiger partial charge in [-0.3, -0.25) is 24.0 Å². The van der Waals surface area contributed by atoms with Crippen LogP contribution in [-0.4, -0.2) is 146 Å². The van der Waals surface area contributed by atoms with Crippen molar-refractivity contribution in [3.8, 4) is 16.5 Å². The standard InChI is InChI=1S/C60H76N8O10S/c1-8-40-30-45-46(60(6,7)55-52(53(45)72)44-14-11-39(33-61)29-47(44)65-55)32-48(40)67-19-15-42(16-20-67)64-50(70)17-21-75-23-25-77-27-28-78-26-24-76-22-18-51(71)66-56(59(3,4)5)58(74)68-35-43(69)31-49(68)57(73)62-34-38-9-12-41(13-10-38)54-37(2)63-36-79-54/h9-14,29-30,32,36,42-43,49,56,65,69H,8,15-28,31,34-35H2,1-7H3,(H,62,73)(H,64,70)(H,66,71)/t43-,49+,56-/m1/s1. The monoisotopic (exact) mass is 1100 g/mol. The molecule has 3 aliphatic rings. The molecule has 8 rings (SSSR count). The molecule has 5 N–H and O–H groups in total. The molecule has 3 atom stereocenters. The Morgan fingerprint density at radius 1 is 0.911 bits per heavy atom. The van der Waals surface area contributed by atoms with Gasteiger partial charge in [0.1, 0.15) is 12.1 Å². The number of ether oxygens (including phenoxy) is 4. The number of piperidine rings is 1. The summed E-state index contributed by atoms with van der Waals surface area (Å²) in [6.45, 7) is 18.0. The number of hydrogen-bond donors (Lipinski definition) is 5. The average Bonchev–Trinajstić information content (AvgIpc) is 4.32. The summed E-state index contributed by atoms with van der Waals surface area (Å²) < 4.78 is 22.5. The Morgan fingerprint density at radius 3 is 2.16 bits per heavy atom. The largest absolute Gasteiger partial charge is 0.391 e. The number of carbonyl (C=O) groups excluding carboxylic acids is 5. The second-order valence-corrected chi connectivity index (χ2v) is 23.2. The minimum atomic E-state index is -0.939. The highest BCUT2D eigenvalue weighted by Crippen LogP contribution is 2.46. The minimum Gasteiger partial charge on any atom is -0.391 e. The van der Waals surface area contributed by atoms with Crippen LogP contribution in [0.4, 0.5) is 5.69 Å². The zero-order valence-corrected chi connectivity index (χ0v) is 47.4. The van der Waals surface area contributed by atoms with Crippen LogP contribution >= 0.6 is 11.3 Å². The predicted octanol–water partition coefficient (Wildman–Crippen LogP) is 6.64. The molecule has 0 radical (unpaired) electrons. The van der Waals surface area contributed by atoms with Crippen molar-refractivity contribution in [2.45, 2.75) is 123 Å². The molecule has 18 nitrogen and oxygen atoms in total. The smallest absolute Gasteiger partial charge is 0.246 e. The normalized spacial score (nSPS) is 17.5. The molecule has 2 fully saturated rings. The first kappa shape index (κ1) is 58.6. The number of benzene rings is 3. The second kappa shape index (κ2) is 26.2. The van der Waals surface area contributed by atoms with E-state index in [9.17, 15) is 34.3 Å². The number of nitriles is 1. The third-order valence-electron chi connectivity index (χ3n) is 15.3. The molecule has 0 saturated carbocycles. The van der Waals surface area contributed by atoms with Crippen LogP contribution in [-0.2, 0) is 56.5 Å². The van der Waals surface area contributed by atoms with Gasteiger partial charge in [0.25, 0.3) is 0 Å². The first-order valence-corrected chi connectivity index (χ1v) is 28.4. The molecule has 4 heterocycles. The lowest BCUT2D eigenvalue weighted by Crippen LogP contribution is -2.57. The predicted molar refractivity (Wildman–Crippen MR) is 302 cm³/mol. The molecule has 2 aromatic heterocycles. The molecule has 0 spiro atoms. The number of amides is 4. The lowest BCUT2D eigenvalue weighted by atomic mass is 9.70. The zero-order valence-electron chi connectivity index (χ0n) is 46.6. The first-order valence-electron chi connectivity index (χ1n) is 27.6. The molecule has 422 valence electrons. The number of carbonyl (C=O) groups is 5. The van der Waals surface area contributed by atoms with Crippen LogP contribution in [0.25, 0.3) is 21.3 Å². The highest BCUT2D eigenvalue weighted by Gasteiger charge is 2.45. The van der Waals surface area contributed by atoms with Gasteiger partial charge in [-0.05, 0) is 78.1 Å². The van der Waals surface area contributed by atoms with Crippen LogP contribution in [0.15, 0.2) is 60.1 Å². The maximum Gasteiger partial charge on any atom is 0.246 e. The van der Waals surface area contributed by atoms with Crippen LogP contribution in [0.2, 0.25) is 0 Å². The number of ketones is 1. The first-order chi connectivity index (χ1) is 37.9. The van der Waals surface area contributed by atoms with Gasteiger partial charge < -0.3 is 54.8 Å². The average molecular weight is 1100 g/mol. The summed E-state index contributed by atoms with van der Waals surface area (Å²) in [5.41, 5.74) is 10.4. The van der Waals surface area contributed by atoms with Gasteiger partial charge in [-0.15, -0.1) is 11.3 Å². The Morgan fingerprint density at radius 2 is 1.56 bits per heavy atom. The van der Waals surface area contributed by atoms with Crippen LogP contribution in [0.3, 0.4) is 0 Å². The van der Waals surface area contributed by atoms with E-state index in [4.69, 9.17) is 18.9 Å². The van der Waals surface area contributed by atoms with Gasteiger partial charge in [0.05, 0.1) is 92.2 Å². The number of β-amino-alcohol motifs (C(OH)–C–C–N with tert-alkyl or cyclic N) is 1. The number of aliphatic hydroxyl groups is 1. The number of hydrogen-bond acceptors (Lipinski definition) is 14. The number of aromatic nitrogens is 2. The van der Waals surface area contributed by atoms with E-state index in [1.807, 2.05) is 69.6 Å². The number of anilines is 1. The summed E-state index contributed by atoms with van der Waals surface area (Å²) in [5, 5.41) is 29.9. The quantitative estimate of drug-likeness (QED) is 0.0408. The number of fused-ring (bicyclic) bond motifs is 4. The van der Waals surface area contributed by atoms with Gasteiger partial charge >= 0.3 is 0 Å². The number of nitrogens with one attached hydrogen (secondary N) is 4. The Bertz CT molecular complexity index is 3020. The Balaban J connectivity index is 0.657. The fourth-order valence-corrected chi connectivity index (χ4v) is 11.6. The maximum absolute atomic E-state index is 14.1. The van der Waals surface area contributed by atoms with Crippen molar-refractivity contribution in [3.05, 3.63) is 105 Å². The SMILES string of the molecule is CCc1cc2c(cc1N1CCC(NC(=O)CCOCCOCCOCCOCCC(=O)N[C@H](C(=O)N3C[C@H](O)C[C@H]3C(=O)NCc3ccc(-c4scnc4C)cc3)C(C)(C)C)CC1)C(C)(C)c1[nH]c3cc(C#N)ccc3c1C2=O. The maximum atomic E-state index is 14.1. The van der Waals surface area contributed by atoms with Crippen molar-refractivity contribution in [1.29, 1.82) is 5.26 Å². The van der Waals surface area contributed by atoms with E-state index in [0.717, 1.165) is 93.0 Å². The molecule has 19 heteroatoms. The Hall–Kier alpha value is -6.53. The van der Waals surface area contributed by atoms with Crippen molar-refractivity contribution in [3.63, 3.8) is 0 Å². The van der Waals surface area contributed by atoms with E-state index in [2.05, 4.69) is 69.8 Å². The number of rotatable bonds is 24. The van der Waals surface area contributed by atoms with Gasteiger partial charge in [0.15, 0.2) is 5.78 Å². The van der Waals surface area contributed by atoms with Crippen LogP contribution in [0.1, 0.15) is 123 Å². The molecule has 79 heavy (non-hydrogen) atoms. The summed E-state index contributed by atoms with van der Waals surface area (Å²) in [6, 6.07) is 18.0. The molecular weight excluding hydrogens is 1020 g/mol. The summed E-state index contributed by atoms with van der Waals surface area (Å²) in [4.78, 5) is 80.1. The van der Waals surface area contributed by atoms with Crippen LogP contribution in [0, 0.1) is 23.7 Å². The van der Waals surface area contributed by atoms with E-state index in [1.54, 1.807) is 17.4 Å². The van der Waals surface area contributed by atoms with Crippen LogP contribution < -0.4 is 20.9 Å². The van der Waals surface area contributed by atoms with Crippen molar-refractivity contribution in [2.24, 2.45) is 5.41 Å². The number of H-pyrrole nitrogens is 1. The number of nitrogens with zero attached hydrogens (tertiary/aromatic N) is 4.